The number of nitrogens with zero attached hydrogens (tertiary/aromatic N) is 3. The molecule has 16 heavy (non-hydrogen) atoms. The summed E-state index contributed by atoms with van der Waals surface area (Å²) in [7, 11) is 3.94. The molecule has 2 aromatic rings. The number of hydrogen-bond donors (Lipinski definition) is 2. The first-order chi connectivity index (χ1) is 7.75. The van der Waals surface area contributed by atoms with Gasteiger partial charge in [-0.2, -0.15) is 0 Å². The first-order valence-electron chi connectivity index (χ1n) is 5.10. The van der Waals surface area contributed by atoms with Crippen molar-refractivity contribution in [3.05, 3.63) is 36.5 Å². The zero-order valence-electron chi connectivity index (χ0n) is 9.44. The lowest BCUT2D eigenvalue weighted by molar-refractivity contribution is 1.05. The molecule has 0 atom stereocenters. The van der Waals surface area contributed by atoms with E-state index in [9.17, 15) is 0 Å². The Morgan fingerprint density at radius 1 is 1.31 bits per heavy atom. The predicted octanol–water partition coefficient (Wildman–Crippen LogP) is 1.48. The Balaban J connectivity index is 1.95. The summed E-state index contributed by atoms with van der Waals surface area (Å²) < 4.78 is 0. The summed E-state index contributed by atoms with van der Waals surface area (Å²) in [5, 5.41) is 3.26. The van der Waals surface area contributed by atoms with Gasteiger partial charge in [0.15, 0.2) is 0 Å². The van der Waals surface area contributed by atoms with E-state index in [0.717, 1.165) is 23.7 Å². The lowest BCUT2D eigenvalue weighted by atomic mass is 10.3. The third-order valence-corrected chi connectivity index (χ3v) is 2.24. The molecule has 2 N–H and O–H groups in total. The minimum absolute atomic E-state index is 0.725. The van der Waals surface area contributed by atoms with Gasteiger partial charge < -0.3 is 15.2 Å². The number of hydrogen-bond acceptors (Lipinski definition) is 4. The highest BCUT2D eigenvalue weighted by atomic mass is 15.1. The van der Waals surface area contributed by atoms with Crippen LogP contribution < -0.4 is 10.2 Å². The van der Waals surface area contributed by atoms with Crippen LogP contribution in [-0.2, 0) is 6.54 Å². The van der Waals surface area contributed by atoms with Crippen molar-refractivity contribution in [2.24, 2.45) is 0 Å². The van der Waals surface area contributed by atoms with Crippen LogP contribution in [0, 0.1) is 0 Å². The highest BCUT2D eigenvalue weighted by molar-refractivity contribution is 5.47. The molecule has 0 bridgehead atoms. The van der Waals surface area contributed by atoms with Crippen molar-refractivity contribution in [1.29, 1.82) is 0 Å². The summed E-state index contributed by atoms with van der Waals surface area (Å²) in [5.74, 6) is 0.951. The van der Waals surface area contributed by atoms with E-state index < -0.39 is 0 Å². The second-order valence-electron chi connectivity index (χ2n) is 3.73. The number of nitrogens with one attached hydrogen (secondary N) is 2. The lowest BCUT2D eigenvalue weighted by Crippen LogP contribution is -2.10. The summed E-state index contributed by atoms with van der Waals surface area (Å²) in [6.07, 6.45) is 5.30. The molecule has 0 radical (unpaired) electrons. The lowest BCUT2D eigenvalue weighted by Gasteiger charge is -2.11. The molecule has 0 spiro atoms. The molecule has 0 aliphatic rings. The van der Waals surface area contributed by atoms with Gasteiger partial charge in [-0.1, -0.05) is 0 Å². The fraction of sp³-hybridized carbons (Fsp3) is 0.273. The summed E-state index contributed by atoms with van der Waals surface area (Å²) in [4.78, 5) is 13.3. The van der Waals surface area contributed by atoms with Gasteiger partial charge in [0.1, 0.15) is 5.82 Å². The van der Waals surface area contributed by atoms with Gasteiger partial charge in [-0.3, -0.25) is 0 Å². The molecule has 0 amide bonds. The first kappa shape index (κ1) is 10.5. The van der Waals surface area contributed by atoms with Gasteiger partial charge in [0.05, 0.1) is 30.5 Å². The largest absolute Gasteiger partial charge is 0.378 e. The number of anilines is 2. The molecule has 2 rings (SSSR count). The molecule has 84 valence electrons. The van der Waals surface area contributed by atoms with Crippen molar-refractivity contribution in [2.45, 2.75) is 6.54 Å². The van der Waals surface area contributed by atoms with Crippen LogP contribution in [0.4, 0.5) is 11.5 Å². The van der Waals surface area contributed by atoms with Crippen LogP contribution in [0.3, 0.4) is 0 Å². The predicted molar refractivity (Wildman–Crippen MR) is 64.5 cm³/mol. The molecular weight excluding hydrogens is 202 g/mol. The molecule has 0 aliphatic carbocycles. The Hall–Kier alpha value is -2.04. The smallest absolute Gasteiger partial charge is 0.128 e. The number of H-pyrrole nitrogens is 1. The van der Waals surface area contributed by atoms with Crippen LogP contribution in [0.1, 0.15) is 5.69 Å². The second kappa shape index (κ2) is 4.65. The topological polar surface area (TPSA) is 56.8 Å². The first-order valence-corrected chi connectivity index (χ1v) is 5.10. The van der Waals surface area contributed by atoms with Crippen molar-refractivity contribution < 1.29 is 0 Å². The molecule has 0 fully saturated rings. The van der Waals surface area contributed by atoms with Gasteiger partial charge in [0.25, 0.3) is 0 Å². The standard InChI is InChI=1S/C11H15N5/c1-16(2)11-4-3-9(6-14-11)13-7-10-5-12-8-15-10/h3-6,8,13H,7H2,1-2H3,(H,12,15). The van der Waals surface area contributed by atoms with Gasteiger partial charge >= 0.3 is 0 Å². The third-order valence-electron chi connectivity index (χ3n) is 2.24. The average Bonchev–Trinajstić information content (AvgIpc) is 2.80. The number of rotatable bonds is 4. The number of aromatic nitrogens is 3. The van der Waals surface area contributed by atoms with Crippen LogP contribution >= 0.6 is 0 Å². The van der Waals surface area contributed by atoms with Crippen molar-refractivity contribution >= 4 is 11.5 Å². The van der Waals surface area contributed by atoms with Gasteiger partial charge in [0, 0.05) is 20.3 Å². The molecule has 2 aromatic heterocycles. The highest BCUT2D eigenvalue weighted by Crippen LogP contribution is 2.12. The maximum Gasteiger partial charge on any atom is 0.128 e. The summed E-state index contributed by atoms with van der Waals surface area (Å²) >= 11 is 0. The van der Waals surface area contributed by atoms with Crippen LogP contribution in [0.5, 0.6) is 0 Å². The Kier molecular flexibility index (Phi) is 3.05. The Bertz CT molecular complexity index is 418. The van der Waals surface area contributed by atoms with Crippen LogP contribution in [-0.4, -0.2) is 29.0 Å². The molecule has 5 heteroatoms. The van der Waals surface area contributed by atoms with Crippen molar-refractivity contribution in [1.82, 2.24) is 15.0 Å². The van der Waals surface area contributed by atoms with Gasteiger partial charge in [-0.05, 0) is 12.1 Å². The van der Waals surface area contributed by atoms with E-state index in [1.165, 1.54) is 0 Å². The molecule has 2 heterocycles. The summed E-state index contributed by atoms with van der Waals surface area (Å²) in [5.41, 5.74) is 2.05. The molecule has 0 saturated carbocycles. The highest BCUT2D eigenvalue weighted by Gasteiger charge is 1.98. The van der Waals surface area contributed by atoms with E-state index in [1.807, 2.05) is 37.3 Å². The molecule has 5 nitrogen and oxygen atoms in total. The quantitative estimate of drug-likeness (QED) is 0.814. The van der Waals surface area contributed by atoms with Crippen molar-refractivity contribution in [3.8, 4) is 0 Å². The zero-order valence-corrected chi connectivity index (χ0v) is 9.44. The average molecular weight is 217 g/mol. The number of pyridine rings is 1. The molecule has 0 aromatic carbocycles. The van der Waals surface area contributed by atoms with E-state index in [2.05, 4.69) is 20.3 Å². The summed E-state index contributed by atoms with van der Waals surface area (Å²) in [6, 6.07) is 3.99. The van der Waals surface area contributed by atoms with E-state index in [1.54, 1.807) is 12.5 Å². The fourth-order valence-corrected chi connectivity index (χ4v) is 1.33. The van der Waals surface area contributed by atoms with Crippen LogP contribution in [0.25, 0.3) is 0 Å². The van der Waals surface area contributed by atoms with E-state index >= 15 is 0 Å². The van der Waals surface area contributed by atoms with Crippen molar-refractivity contribution in [2.75, 3.05) is 24.3 Å². The number of imidazole rings is 1. The minimum Gasteiger partial charge on any atom is -0.378 e. The van der Waals surface area contributed by atoms with E-state index in [-0.39, 0.29) is 0 Å². The number of aromatic amines is 1. The molecular formula is C11H15N5. The SMILES string of the molecule is CN(C)c1ccc(NCc2cnc[nH]2)cn1. The second-order valence-corrected chi connectivity index (χ2v) is 3.73. The molecule has 0 saturated heterocycles. The maximum atomic E-state index is 4.32. The normalized spacial score (nSPS) is 10.1. The molecule has 0 aliphatic heterocycles. The Morgan fingerprint density at radius 3 is 2.75 bits per heavy atom. The van der Waals surface area contributed by atoms with Crippen LogP contribution in [0.15, 0.2) is 30.9 Å². The minimum atomic E-state index is 0.725. The monoisotopic (exact) mass is 217 g/mol. The van der Waals surface area contributed by atoms with E-state index in [4.69, 9.17) is 0 Å². The Labute approximate surface area is 94.5 Å². The Morgan fingerprint density at radius 2 is 2.19 bits per heavy atom. The van der Waals surface area contributed by atoms with Gasteiger partial charge in [-0.25, -0.2) is 9.97 Å². The fourth-order valence-electron chi connectivity index (χ4n) is 1.33. The van der Waals surface area contributed by atoms with Gasteiger partial charge in [-0.15, -0.1) is 0 Å². The van der Waals surface area contributed by atoms with E-state index in [0.29, 0.717) is 0 Å². The summed E-state index contributed by atoms with van der Waals surface area (Å²) in [6.45, 7) is 0.725. The molecule has 0 unspecified atom stereocenters. The van der Waals surface area contributed by atoms with Crippen LogP contribution in [0.2, 0.25) is 0 Å². The van der Waals surface area contributed by atoms with Gasteiger partial charge in [0.2, 0.25) is 0 Å². The third kappa shape index (κ3) is 2.50. The zero-order chi connectivity index (χ0) is 11.4. The maximum absolute atomic E-state index is 4.32. The van der Waals surface area contributed by atoms with Crippen molar-refractivity contribution in [3.63, 3.8) is 0 Å².